The Balaban J connectivity index is 4.31. The van der Waals surface area contributed by atoms with Crippen molar-refractivity contribution in [2.75, 3.05) is 0 Å². The first-order chi connectivity index (χ1) is 8.51. The van der Waals surface area contributed by atoms with Crippen LogP contribution in [0, 0.1) is 0 Å². The summed E-state index contributed by atoms with van der Waals surface area (Å²) < 4.78 is 0. The molecule has 0 heteroatoms. The molecular weight excluding hydrogens is 216 g/mol. The highest BCUT2D eigenvalue weighted by Gasteiger charge is 2.02. The molecule has 0 nitrogen and oxygen atoms in total. The van der Waals surface area contributed by atoms with Crippen molar-refractivity contribution < 1.29 is 0 Å². The summed E-state index contributed by atoms with van der Waals surface area (Å²) in [6.07, 6.45) is 12.0. The van der Waals surface area contributed by atoms with Crippen LogP contribution in [-0.2, 0) is 0 Å². The zero-order valence-electron chi connectivity index (χ0n) is 13.4. The molecule has 0 bridgehead atoms. The van der Waals surface area contributed by atoms with Gasteiger partial charge in [-0.2, -0.15) is 0 Å². The van der Waals surface area contributed by atoms with Crippen LogP contribution in [0.2, 0.25) is 0 Å². The predicted octanol–water partition coefficient (Wildman–Crippen LogP) is 6.60. The molecule has 0 spiro atoms. The second-order valence-corrected chi connectivity index (χ2v) is 5.52. The van der Waals surface area contributed by atoms with E-state index in [-0.39, 0.29) is 0 Å². The molecule has 0 aromatic rings. The molecule has 0 N–H and O–H groups in total. The van der Waals surface area contributed by atoms with E-state index >= 15 is 0 Å². The molecule has 0 aromatic carbocycles. The SMILES string of the molecule is CCC=C(C)CCC(CCC(C)=CCC)=C(C)C. The predicted molar refractivity (Wildman–Crippen MR) is 84.9 cm³/mol. The molecule has 0 aliphatic carbocycles. The van der Waals surface area contributed by atoms with Crippen LogP contribution in [-0.4, -0.2) is 0 Å². The van der Waals surface area contributed by atoms with E-state index in [4.69, 9.17) is 0 Å². The molecule has 0 aliphatic heterocycles. The van der Waals surface area contributed by atoms with Crippen LogP contribution in [0.25, 0.3) is 0 Å². The third-order valence-electron chi connectivity index (χ3n) is 3.45. The molecule has 0 saturated heterocycles. The second-order valence-electron chi connectivity index (χ2n) is 5.52. The minimum absolute atomic E-state index is 1.16. The van der Waals surface area contributed by atoms with Crippen molar-refractivity contribution in [3.8, 4) is 0 Å². The molecular formula is C18H32. The average molecular weight is 248 g/mol. The first-order valence-corrected chi connectivity index (χ1v) is 7.47. The summed E-state index contributed by atoms with van der Waals surface area (Å²) in [6, 6.07) is 0. The van der Waals surface area contributed by atoms with Crippen LogP contribution in [0.3, 0.4) is 0 Å². The molecule has 0 radical (unpaired) electrons. The molecule has 0 atom stereocenters. The summed E-state index contributed by atoms with van der Waals surface area (Å²) in [6.45, 7) is 13.5. The number of hydrogen-bond acceptors (Lipinski definition) is 0. The Morgan fingerprint density at radius 3 is 1.33 bits per heavy atom. The van der Waals surface area contributed by atoms with Crippen molar-refractivity contribution in [3.63, 3.8) is 0 Å². The third kappa shape index (κ3) is 8.33. The van der Waals surface area contributed by atoms with Gasteiger partial charge in [-0.1, -0.05) is 48.3 Å². The number of hydrogen-bond donors (Lipinski definition) is 0. The highest BCUT2D eigenvalue weighted by molar-refractivity contribution is 5.14. The highest BCUT2D eigenvalue weighted by Crippen LogP contribution is 2.22. The summed E-state index contributed by atoms with van der Waals surface area (Å²) in [7, 11) is 0. The fraction of sp³-hybridized carbons (Fsp3) is 0.667. The molecule has 0 fully saturated rings. The lowest BCUT2D eigenvalue weighted by Gasteiger charge is -2.11. The van der Waals surface area contributed by atoms with Crippen LogP contribution in [0.4, 0.5) is 0 Å². The van der Waals surface area contributed by atoms with Crippen LogP contribution in [0.15, 0.2) is 34.4 Å². The van der Waals surface area contributed by atoms with Gasteiger partial charge in [0.15, 0.2) is 0 Å². The van der Waals surface area contributed by atoms with Crippen molar-refractivity contribution in [1.29, 1.82) is 0 Å². The van der Waals surface area contributed by atoms with E-state index in [1.54, 1.807) is 5.57 Å². The maximum absolute atomic E-state index is 2.35. The largest absolute Gasteiger partial charge is 0.0859 e. The van der Waals surface area contributed by atoms with E-state index in [0.717, 1.165) is 12.8 Å². The van der Waals surface area contributed by atoms with Gasteiger partial charge in [0.2, 0.25) is 0 Å². The van der Waals surface area contributed by atoms with Crippen LogP contribution in [0.5, 0.6) is 0 Å². The van der Waals surface area contributed by atoms with E-state index in [2.05, 4.69) is 53.7 Å². The molecule has 0 heterocycles. The van der Waals surface area contributed by atoms with E-state index in [1.807, 2.05) is 0 Å². The molecule has 0 saturated carbocycles. The lowest BCUT2D eigenvalue weighted by atomic mass is 9.95. The van der Waals surface area contributed by atoms with Gasteiger partial charge in [-0.3, -0.25) is 0 Å². The normalized spacial score (nSPS) is 12.8. The molecule has 0 rings (SSSR count). The van der Waals surface area contributed by atoms with Gasteiger partial charge in [0.1, 0.15) is 0 Å². The monoisotopic (exact) mass is 248 g/mol. The lowest BCUT2D eigenvalue weighted by molar-refractivity contribution is 0.803. The van der Waals surface area contributed by atoms with Gasteiger partial charge in [-0.25, -0.2) is 0 Å². The molecule has 104 valence electrons. The fourth-order valence-electron chi connectivity index (χ4n) is 2.22. The van der Waals surface area contributed by atoms with E-state index in [9.17, 15) is 0 Å². The smallest absolute Gasteiger partial charge is 0.0280 e. The standard InChI is InChI=1S/C18H32/c1-7-9-16(5)11-13-18(15(3)4)14-12-17(6)10-8-2/h9-10H,7-8,11-14H2,1-6H3. The lowest BCUT2D eigenvalue weighted by Crippen LogP contribution is -1.91. The zero-order valence-corrected chi connectivity index (χ0v) is 13.4. The molecule has 18 heavy (non-hydrogen) atoms. The maximum Gasteiger partial charge on any atom is -0.0280 e. The fourth-order valence-corrected chi connectivity index (χ4v) is 2.22. The van der Waals surface area contributed by atoms with E-state index in [0.29, 0.717) is 0 Å². The number of allylic oxidation sites excluding steroid dienone is 6. The molecule has 0 amide bonds. The van der Waals surface area contributed by atoms with Crippen LogP contribution < -0.4 is 0 Å². The van der Waals surface area contributed by atoms with Gasteiger partial charge < -0.3 is 0 Å². The van der Waals surface area contributed by atoms with Crippen molar-refractivity contribution in [3.05, 3.63) is 34.4 Å². The molecule has 0 aliphatic rings. The summed E-state index contributed by atoms with van der Waals surface area (Å²) in [5.74, 6) is 0. The van der Waals surface area contributed by atoms with Crippen LogP contribution in [0.1, 0.15) is 80.1 Å². The molecule has 0 aromatic heterocycles. The van der Waals surface area contributed by atoms with Gasteiger partial charge in [0.25, 0.3) is 0 Å². The van der Waals surface area contributed by atoms with Gasteiger partial charge in [-0.15, -0.1) is 0 Å². The minimum atomic E-state index is 1.16. The summed E-state index contributed by atoms with van der Waals surface area (Å²) in [4.78, 5) is 0. The molecule has 0 unspecified atom stereocenters. The summed E-state index contributed by atoms with van der Waals surface area (Å²) in [5.41, 5.74) is 6.25. The Labute approximate surface area is 115 Å². The van der Waals surface area contributed by atoms with Gasteiger partial charge in [0, 0.05) is 0 Å². The third-order valence-corrected chi connectivity index (χ3v) is 3.45. The maximum atomic E-state index is 2.35. The Bertz CT molecular complexity index is 283. The first kappa shape index (κ1) is 17.2. The minimum Gasteiger partial charge on any atom is -0.0859 e. The quantitative estimate of drug-likeness (QED) is 0.425. The van der Waals surface area contributed by atoms with Crippen molar-refractivity contribution in [1.82, 2.24) is 0 Å². The topological polar surface area (TPSA) is 0 Å². The Hall–Kier alpha value is -0.780. The van der Waals surface area contributed by atoms with Gasteiger partial charge in [-0.05, 0) is 66.2 Å². The first-order valence-electron chi connectivity index (χ1n) is 7.47. The average Bonchev–Trinajstić information content (AvgIpc) is 2.29. The second kappa shape index (κ2) is 10.2. The Morgan fingerprint density at radius 1 is 0.667 bits per heavy atom. The van der Waals surface area contributed by atoms with Crippen molar-refractivity contribution in [2.24, 2.45) is 0 Å². The van der Waals surface area contributed by atoms with E-state index < -0.39 is 0 Å². The zero-order chi connectivity index (χ0) is 14.0. The van der Waals surface area contributed by atoms with Gasteiger partial charge in [0.05, 0.1) is 0 Å². The highest BCUT2D eigenvalue weighted by atomic mass is 14.1. The Kier molecular flexibility index (Phi) is 9.73. The van der Waals surface area contributed by atoms with Gasteiger partial charge >= 0.3 is 0 Å². The summed E-state index contributed by atoms with van der Waals surface area (Å²) in [5, 5.41) is 0. The van der Waals surface area contributed by atoms with Crippen molar-refractivity contribution >= 4 is 0 Å². The van der Waals surface area contributed by atoms with Crippen molar-refractivity contribution in [2.45, 2.75) is 80.1 Å². The Morgan fingerprint density at radius 2 is 1.06 bits per heavy atom. The number of rotatable bonds is 8. The van der Waals surface area contributed by atoms with E-state index in [1.165, 1.54) is 42.4 Å². The van der Waals surface area contributed by atoms with Crippen LogP contribution >= 0.6 is 0 Å². The summed E-state index contributed by atoms with van der Waals surface area (Å²) >= 11 is 0.